The van der Waals surface area contributed by atoms with Gasteiger partial charge in [0.2, 0.25) is 11.8 Å². The molecule has 5 heteroatoms. The van der Waals surface area contributed by atoms with E-state index in [-0.39, 0.29) is 11.8 Å². The van der Waals surface area contributed by atoms with E-state index in [0.29, 0.717) is 37.1 Å². The summed E-state index contributed by atoms with van der Waals surface area (Å²) in [6.45, 7) is 4.51. The van der Waals surface area contributed by atoms with Crippen molar-refractivity contribution in [3.05, 3.63) is 24.3 Å². The number of anilines is 1. The summed E-state index contributed by atoms with van der Waals surface area (Å²) in [5, 5.41) is 2.88. The zero-order valence-electron chi connectivity index (χ0n) is 14.0. The largest absolute Gasteiger partial charge is 0.492 e. The first kappa shape index (κ1) is 17.3. The van der Waals surface area contributed by atoms with Crippen LogP contribution < -0.4 is 10.1 Å². The van der Waals surface area contributed by atoms with Crippen LogP contribution in [-0.2, 0) is 9.59 Å². The molecule has 126 valence electrons. The minimum Gasteiger partial charge on any atom is -0.492 e. The van der Waals surface area contributed by atoms with Gasteiger partial charge in [-0.15, -0.1) is 0 Å². The van der Waals surface area contributed by atoms with Crippen LogP contribution in [-0.4, -0.2) is 35.9 Å². The number of nitrogens with zero attached hydrogens (tertiary/aromatic N) is 1. The second-order valence-corrected chi connectivity index (χ2v) is 5.88. The molecule has 0 saturated heterocycles. The van der Waals surface area contributed by atoms with Gasteiger partial charge in [-0.25, -0.2) is 0 Å². The number of nitrogens with one attached hydrogen (secondary N) is 1. The highest BCUT2D eigenvalue weighted by Crippen LogP contribution is 2.25. The predicted octanol–water partition coefficient (Wildman–Crippen LogP) is 3.21. The van der Waals surface area contributed by atoms with Gasteiger partial charge >= 0.3 is 0 Å². The molecule has 1 aromatic carbocycles. The molecule has 0 spiro atoms. The molecular weight excluding hydrogens is 292 g/mol. The summed E-state index contributed by atoms with van der Waals surface area (Å²) in [5.41, 5.74) is 0.676. The molecule has 0 aliphatic heterocycles. The second-order valence-electron chi connectivity index (χ2n) is 5.88. The fourth-order valence-electron chi connectivity index (χ4n) is 3.10. The first-order chi connectivity index (χ1) is 11.1. The number of benzene rings is 1. The van der Waals surface area contributed by atoms with Crippen molar-refractivity contribution in [1.82, 2.24) is 4.90 Å². The zero-order valence-corrected chi connectivity index (χ0v) is 14.0. The van der Waals surface area contributed by atoms with Crippen molar-refractivity contribution < 1.29 is 14.3 Å². The van der Waals surface area contributed by atoms with Gasteiger partial charge in [0.25, 0.3) is 0 Å². The number of amides is 2. The summed E-state index contributed by atoms with van der Waals surface area (Å²) >= 11 is 0. The van der Waals surface area contributed by atoms with E-state index in [1.165, 1.54) is 12.8 Å². The Labute approximate surface area is 138 Å². The molecule has 0 bridgehead atoms. The monoisotopic (exact) mass is 318 g/mol. The first-order valence-electron chi connectivity index (χ1n) is 8.40. The van der Waals surface area contributed by atoms with Gasteiger partial charge in [-0.1, -0.05) is 25.0 Å². The van der Waals surface area contributed by atoms with Crippen LogP contribution in [0.15, 0.2) is 24.3 Å². The highest BCUT2D eigenvalue weighted by atomic mass is 16.5. The van der Waals surface area contributed by atoms with Gasteiger partial charge < -0.3 is 15.0 Å². The van der Waals surface area contributed by atoms with Gasteiger partial charge in [-0.05, 0) is 31.9 Å². The third kappa shape index (κ3) is 4.98. The Hall–Kier alpha value is -2.04. The molecule has 2 rings (SSSR count). The number of hydrogen-bond donors (Lipinski definition) is 1. The lowest BCUT2D eigenvalue weighted by Crippen LogP contribution is -2.39. The maximum Gasteiger partial charge on any atom is 0.226 e. The number of rotatable bonds is 7. The zero-order chi connectivity index (χ0) is 16.7. The average Bonchev–Trinajstić information content (AvgIpc) is 3.03. The molecule has 2 amide bonds. The van der Waals surface area contributed by atoms with Crippen molar-refractivity contribution in [2.24, 2.45) is 0 Å². The number of carbonyl (C=O) groups is 2. The molecule has 1 aromatic rings. The normalized spacial score (nSPS) is 14.5. The Morgan fingerprint density at radius 1 is 1.26 bits per heavy atom. The Bertz CT molecular complexity index is 539. The van der Waals surface area contributed by atoms with Gasteiger partial charge in [0.1, 0.15) is 5.75 Å². The fourth-order valence-corrected chi connectivity index (χ4v) is 3.10. The molecule has 0 aromatic heterocycles. The number of para-hydroxylation sites is 2. The van der Waals surface area contributed by atoms with Crippen molar-refractivity contribution in [2.75, 3.05) is 18.5 Å². The molecule has 1 aliphatic carbocycles. The average molecular weight is 318 g/mol. The third-order valence-electron chi connectivity index (χ3n) is 4.21. The van der Waals surface area contributed by atoms with Crippen molar-refractivity contribution in [1.29, 1.82) is 0 Å². The highest BCUT2D eigenvalue weighted by Gasteiger charge is 2.24. The molecule has 5 nitrogen and oxygen atoms in total. The molecule has 0 radical (unpaired) electrons. The summed E-state index contributed by atoms with van der Waals surface area (Å²) in [6, 6.07) is 7.69. The van der Waals surface area contributed by atoms with Crippen molar-refractivity contribution in [3.63, 3.8) is 0 Å². The van der Waals surface area contributed by atoms with Crippen LogP contribution in [0.3, 0.4) is 0 Å². The van der Waals surface area contributed by atoms with Crippen molar-refractivity contribution >= 4 is 17.5 Å². The van der Waals surface area contributed by atoms with E-state index < -0.39 is 0 Å². The maximum atomic E-state index is 12.2. The van der Waals surface area contributed by atoms with Crippen molar-refractivity contribution in [2.45, 2.75) is 52.0 Å². The summed E-state index contributed by atoms with van der Waals surface area (Å²) in [7, 11) is 0. The minimum atomic E-state index is -0.0959. The van der Waals surface area contributed by atoms with Crippen LogP contribution in [0.4, 0.5) is 5.69 Å². The molecule has 1 fully saturated rings. The van der Waals surface area contributed by atoms with E-state index >= 15 is 0 Å². The standard InChI is InChI=1S/C18H26N2O3/c1-3-23-17-11-7-6-10-16(17)19-18(22)12-13-20(14(2)21)15-8-4-5-9-15/h6-7,10-11,15H,3-5,8-9,12-13H2,1-2H3,(H,19,22). The molecule has 0 atom stereocenters. The number of carbonyl (C=O) groups excluding carboxylic acids is 2. The Morgan fingerprint density at radius 3 is 2.61 bits per heavy atom. The Morgan fingerprint density at radius 2 is 1.96 bits per heavy atom. The minimum absolute atomic E-state index is 0.0550. The Balaban J connectivity index is 1.90. The third-order valence-corrected chi connectivity index (χ3v) is 4.21. The van der Waals surface area contributed by atoms with Gasteiger partial charge in [0.05, 0.1) is 12.3 Å². The molecule has 1 saturated carbocycles. The molecule has 23 heavy (non-hydrogen) atoms. The summed E-state index contributed by atoms with van der Waals surface area (Å²) < 4.78 is 5.50. The quantitative estimate of drug-likeness (QED) is 0.840. The van der Waals surface area contributed by atoms with Crippen LogP contribution in [0.25, 0.3) is 0 Å². The number of ether oxygens (including phenoxy) is 1. The lowest BCUT2D eigenvalue weighted by molar-refractivity contribution is -0.131. The topological polar surface area (TPSA) is 58.6 Å². The molecule has 1 aliphatic rings. The summed E-state index contributed by atoms with van der Waals surface area (Å²) in [6.07, 6.45) is 4.74. The van der Waals surface area contributed by atoms with Gasteiger partial charge in [0, 0.05) is 25.9 Å². The van der Waals surface area contributed by atoms with Crippen LogP contribution in [0.2, 0.25) is 0 Å². The molecule has 1 N–H and O–H groups in total. The van der Waals surface area contributed by atoms with Crippen LogP contribution in [0, 0.1) is 0 Å². The van der Waals surface area contributed by atoms with Crippen LogP contribution >= 0.6 is 0 Å². The molecule has 0 unspecified atom stereocenters. The van der Waals surface area contributed by atoms with Crippen LogP contribution in [0.5, 0.6) is 5.75 Å². The molecule has 0 heterocycles. The second kappa shape index (κ2) is 8.56. The highest BCUT2D eigenvalue weighted by molar-refractivity contribution is 5.92. The maximum absolute atomic E-state index is 12.2. The lowest BCUT2D eigenvalue weighted by atomic mass is 10.2. The van der Waals surface area contributed by atoms with Gasteiger partial charge in [-0.2, -0.15) is 0 Å². The van der Waals surface area contributed by atoms with E-state index in [9.17, 15) is 9.59 Å². The predicted molar refractivity (Wildman–Crippen MR) is 90.5 cm³/mol. The first-order valence-corrected chi connectivity index (χ1v) is 8.40. The van der Waals surface area contributed by atoms with E-state index in [1.807, 2.05) is 36.1 Å². The van der Waals surface area contributed by atoms with Gasteiger partial charge in [-0.3, -0.25) is 9.59 Å². The van der Waals surface area contributed by atoms with E-state index in [4.69, 9.17) is 4.74 Å². The van der Waals surface area contributed by atoms with Crippen molar-refractivity contribution in [3.8, 4) is 5.75 Å². The Kier molecular flexibility index (Phi) is 6.44. The molecular formula is C18H26N2O3. The van der Waals surface area contributed by atoms with E-state index in [1.54, 1.807) is 6.92 Å². The SMILES string of the molecule is CCOc1ccccc1NC(=O)CCN(C(C)=O)C1CCCC1. The van der Waals surface area contributed by atoms with Gasteiger partial charge in [0.15, 0.2) is 0 Å². The summed E-state index contributed by atoms with van der Waals surface area (Å²) in [5.74, 6) is 0.628. The fraction of sp³-hybridized carbons (Fsp3) is 0.556. The van der Waals surface area contributed by atoms with E-state index in [0.717, 1.165) is 12.8 Å². The summed E-state index contributed by atoms with van der Waals surface area (Å²) in [4.78, 5) is 25.9. The van der Waals surface area contributed by atoms with E-state index in [2.05, 4.69) is 5.32 Å². The number of hydrogen-bond acceptors (Lipinski definition) is 3. The van der Waals surface area contributed by atoms with Crippen LogP contribution in [0.1, 0.15) is 46.0 Å². The lowest BCUT2D eigenvalue weighted by Gasteiger charge is -2.27. The smallest absolute Gasteiger partial charge is 0.226 e.